The first-order chi connectivity index (χ1) is 9.31. The third-order valence-electron chi connectivity index (χ3n) is 3.13. The van der Waals surface area contributed by atoms with Crippen LogP contribution in [0.2, 0.25) is 0 Å². The maximum absolute atomic E-state index is 5.97. The van der Waals surface area contributed by atoms with Gasteiger partial charge in [0.25, 0.3) is 0 Å². The molecule has 2 nitrogen and oxygen atoms in total. The van der Waals surface area contributed by atoms with Crippen LogP contribution in [0, 0.1) is 0 Å². The molecule has 1 aliphatic heterocycles. The number of ether oxygens (including phenoxy) is 2. The van der Waals surface area contributed by atoms with Gasteiger partial charge in [-0.15, -0.1) is 0 Å². The fourth-order valence-corrected chi connectivity index (χ4v) is 2.89. The summed E-state index contributed by atoms with van der Waals surface area (Å²) < 4.78 is 12.4. The Morgan fingerprint density at radius 1 is 1.00 bits per heavy atom. The summed E-state index contributed by atoms with van der Waals surface area (Å²) in [6, 6.07) is 18.1. The van der Waals surface area contributed by atoms with E-state index in [4.69, 9.17) is 9.47 Å². The Labute approximate surface area is 120 Å². The van der Waals surface area contributed by atoms with Crippen molar-refractivity contribution >= 4 is 26.2 Å². The SMILES string of the molecule is COC1OC(c2ccccc2)=C(Br)c2ccccc21. The molecule has 0 saturated carbocycles. The summed E-state index contributed by atoms with van der Waals surface area (Å²) in [5.74, 6) is 0.811. The lowest BCUT2D eigenvalue weighted by Crippen LogP contribution is -2.13. The second-order valence-corrected chi connectivity index (χ2v) is 5.07. The molecule has 0 amide bonds. The van der Waals surface area contributed by atoms with E-state index in [0.717, 1.165) is 26.9 Å². The monoisotopic (exact) mass is 316 g/mol. The van der Waals surface area contributed by atoms with Crippen LogP contribution in [0.5, 0.6) is 0 Å². The highest BCUT2D eigenvalue weighted by Crippen LogP contribution is 2.43. The van der Waals surface area contributed by atoms with Crippen molar-refractivity contribution in [2.24, 2.45) is 0 Å². The predicted octanol–water partition coefficient (Wildman–Crippen LogP) is 4.58. The first-order valence-corrected chi connectivity index (χ1v) is 6.84. The highest BCUT2D eigenvalue weighted by atomic mass is 79.9. The molecule has 0 aromatic heterocycles. The Bertz CT molecular complexity index is 620. The second kappa shape index (κ2) is 5.19. The van der Waals surface area contributed by atoms with Crippen molar-refractivity contribution in [2.75, 3.05) is 7.11 Å². The molecule has 19 heavy (non-hydrogen) atoms. The molecule has 2 aromatic rings. The minimum Gasteiger partial charge on any atom is -0.459 e. The number of methoxy groups -OCH3 is 1. The van der Waals surface area contributed by atoms with Crippen LogP contribution in [-0.2, 0) is 9.47 Å². The van der Waals surface area contributed by atoms with E-state index in [0.29, 0.717) is 0 Å². The van der Waals surface area contributed by atoms with Crippen LogP contribution < -0.4 is 0 Å². The number of fused-ring (bicyclic) bond motifs is 1. The summed E-state index contributed by atoms with van der Waals surface area (Å²) in [6.07, 6.45) is -0.368. The standard InChI is InChI=1S/C16H13BrO2/c1-18-16-13-10-6-5-9-12(13)14(17)15(19-16)11-7-3-2-4-8-11/h2-10,16H,1H3. The molecule has 3 rings (SSSR count). The molecule has 0 saturated heterocycles. The molecule has 1 aliphatic rings. The molecule has 0 bridgehead atoms. The summed E-state index contributed by atoms with van der Waals surface area (Å²) >= 11 is 3.65. The van der Waals surface area contributed by atoms with Crippen molar-refractivity contribution in [3.63, 3.8) is 0 Å². The van der Waals surface area contributed by atoms with Gasteiger partial charge in [-0.3, -0.25) is 0 Å². The van der Waals surface area contributed by atoms with Gasteiger partial charge in [-0.25, -0.2) is 0 Å². The van der Waals surface area contributed by atoms with Crippen LogP contribution in [0.25, 0.3) is 10.2 Å². The van der Waals surface area contributed by atoms with Gasteiger partial charge in [0, 0.05) is 23.8 Å². The summed E-state index contributed by atoms with van der Waals surface area (Å²) in [6.45, 7) is 0. The molecule has 96 valence electrons. The Kier molecular flexibility index (Phi) is 3.40. The molecule has 0 spiro atoms. The van der Waals surface area contributed by atoms with Crippen LogP contribution in [0.1, 0.15) is 23.0 Å². The average molecular weight is 317 g/mol. The minimum absolute atomic E-state index is 0.368. The zero-order valence-corrected chi connectivity index (χ0v) is 12.1. The van der Waals surface area contributed by atoms with Gasteiger partial charge in [-0.2, -0.15) is 0 Å². The average Bonchev–Trinajstić information content (AvgIpc) is 2.49. The van der Waals surface area contributed by atoms with E-state index in [1.54, 1.807) is 7.11 Å². The molecular weight excluding hydrogens is 304 g/mol. The number of benzene rings is 2. The molecule has 0 aliphatic carbocycles. The van der Waals surface area contributed by atoms with Crippen molar-refractivity contribution in [2.45, 2.75) is 6.29 Å². The van der Waals surface area contributed by atoms with Gasteiger partial charge in [0.2, 0.25) is 6.29 Å². The molecule has 2 aromatic carbocycles. The fraction of sp³-hybridized carbons (Fsp3) is 0.125. The largest absolute Gasteiger partial charge is 0.459 e. The summed E-state index contributed by atoms with van der Waals surface area (Å²) in [4.78, 5) is 0. The van der Waals surface area contributed by atoms with Crippen molar-refractivity contribution < 1.29 is 9.47 Å². The van der Waals surface area contributed by atoms with Gasteiger partial charge in [0.1, 0.15) is 5.76 Å². The number of halogens is 1. The normalized spacial score (nSPS) is 17.9. The van der Waals surface area contributed by atoms with Crippen LogP contribution >= 0.6 is 15.9 Å². The summed E-state index contributed by atoms with van der Waals surface area (Å²) in [5, 5.41) is 0. The predicted molar refractivity (Wildman–Crippen MR) is 79.5 cm³/mol. The lowest BCUT2D eigenvalue weighted by molar-refractivity contribution is -0.0766. The minimum atomic E-state index is -0.368. The third kappa shape index (κ3) is 2.20. The van der Waals surface area contributed by atoms with Crippen molar-refractivity contribution in [1.82, 2.24) is 0 Å². The molecule has 1 heterocycles. The smallest absolute Gasteiger partial charge is 0.227 e. The van der Waals surface area contributed by atoms with Gasteiger partial charge in [-0.05, 0) is 15.9 Å². The number of hydrogen-bond donors (Lipinski definition) is 0. The van der Waals surface area contributed by atoms with Crippen molar-refractivity contribution in [3.8, 4) is 0 Å². The van der Waals surface area contributed by atoms with E-state index in [9.17, 15) is 0 Å². The lowest BCUT2D eigenvalue weighted by Gasteiger charge is -2.28. The molecular formula is C16H13BrO2. The van der Waals surface area contributed by atoms with Crippen LogP contribution in [-0.4, -0.2) is 7.11 Å². The number of rotatable bonds is 2. The number of hydrogen-bond acceptors (Lipinski definition) is 2. The van der Waals surface area contributed by atoms with E-state index >= 15 is 0 Å². The van der Waals surface area contributed by atoms with Crippen LogP contribution in [0.15, 0.2) is 54.6 Å². The molecule has 3 heteroatoms. The highest BCUT2D eigenvalue weighted by Gasteiger charge is 2.27. The zero-order chi connectivity index (χ0) is 13.2. The molecule has 0 radical (unpaired) electrons. The van der Waals surface area contributed by atoms with Crippen molar-refractivity contribution in [3.05, 3.63) is 71.3 Å². The van der Waals surface area contributed by atoms with Gasteiger partial charge in [0.05, 0.1) is 4.48 Å². The quantitative estimate of drug-likeness (QED) is 0.807. The fourth-order valence-electron chi connectivity index (χ4n) is 2.21. The summed E-state index contributed by atoms with van der Waals surface area (Å²) in [7, 11) is 1.66. The van der Waals surface area contributed by atoms with E-state index in [1.165, 1.54) is 0 Å². The lowest BCUT2D eigenvalue weighted by atomic mass is 10.0. The van der Waals surface area contributed by atoms with Gasteiger partial charge >= 0.3 is 0 Å². The molecule has 1 unspecified atom stereocenters. The first kappa shape index (κ1) is 12.5. The summed E-state index contributed by atoms with van der Waals surface area (Å²) in [5.41, 5.74) is 3.18. The topological polar surface area (TPSA) is 18.5 Å². The van der Waals surface area contributed by atoms with E-state index in [2.05, 4.69) is 22.0 Å². The highest BCUT2D eigenvalue weighted by molar-refractivity contribution is 9.15. The Hall–Kier alpha value is -1.58. The van der Waals surface area contributed by atoms with Gasteiger partial charge in [-0.1, -0.05) is 54.6 Å². The van der Waals surface area contributed by atoms with Gasteiger partial charge in [0.15, 0.2) is 0 Å². The van der Waals surface area contributed by atoms with E-state index in [1.807, 2.05) is 48.5 Å². The molecule has 0 N–H and O–H groups in total. The maximum atomic E-state index is 5.97. The van der Waals surface area contributed by atoms with Crippen LogP contribution in [0.4, 0.5) is 0 Å². The zero-order valence-electron chi connectivity index (χ0n) is 10.5. The second-order valence-electron chi connectivity index (χ2n) is 4.28. The van der Waals surface area contributed by atoms with E-state index < -0.39 is 0 Å². The Morgan fingerprint density at radius 3 is 2.42 bits per heavy atom. The molecule has 0 fully saturated rings. The third-order valence-corrected chi connectivity index (χ3v) is 3.91. The van der Waals surface area contributed by atoms with Crippen LogP contribution in [0.3, 0.4) is 0 Å². The van der Waals surface area contributed by atoms with Gasteiger partial charge < -0.3 is 9.47 Å². The Balaban J connectivity index is 2.16. The van der Waals surface area contributed by atoms with Crippen molar-refractivity contribution in [1.29, 1.82) is 0 Å². The molecule has 1 atom stereocenters. The van der Waals surface area contributed by atoms with E-state index in [-0.39, 0.29) is 6.29 Å². The maximum Gasteiger partial charge on any atom is 0.227 e. The first-order valence-electron chi connectivity index (χ1n) is 6.05. The Morgan fingerprint density at radius 2 is 1.68 bits per heavy atom.